The maximum absolute atomic E-state index is 13.8. The van der Waals surface area contributed by atoms with Crippen molar-refractivity contribution < 1.29 is 23.0 Å². The lowest BCUT2D eigenvalue weighted by Gasteiger charge is -2.41. The fraction of sp³-hybridized carbons (Fsp3) is 0.800. The van der Waals surface area contributed by atoms with Crippen LogP contribution in [0.15, 0.2) is 10.9 Å². The minimum Gasteiger partial charge on any atom is -0.390 e. The van der Waals surface area contributed by atoms with Crippen molar-refractivity contribution in [3.63, 3.8) is 0 Å². The van der Waals surface area contributed by atoms with E-state index in [2.05, 4.69) is 4.98 Å². The van der Waals surface area contributed by atoms with Gasteiger partial charge in [0, 0.05) is 25.7 Å². The molecule has 10 heteroatoms. The lowest BCUT2D eigenvalue weighted by molar-refractivity contribution is -0.153. The van der Waals surface area contributed by atoms with Gasteiger partial charge in [0.15, 0.2) is 0 Å². The Balaban J connectivity index is 1.70. The Bertz CT molecular complexity index is 840. The van der Waals surface area contributed by atoms with Crippen molar-refractivity contribution in [2.24, 2.45) is 0 Å². The molecule has 1 N–H and O–H groups in total. The quantitative estimate of drug-likeness (QED) is 0.747. The number of halogens is 3. The molecule has 2 bridgehead atoms. The first kappa shape index (κ1) is 21.4. The average molecular weight is 430 g/mol. The highest BCUT2D eigenvalue weighted by atomic mass is 19.4. The topological polar surface area (TPSA) is 70.8 Å². The highest BCUT2D eigenvalue weighted by molar-refractivity contribution is 5.49. The Morgan fingerprint density at radius 2 is 2.03 bits per heavy atom. The van der Waals surface area contributed by atoms with E-state index >= 15 is 0 Å². The van der Waals surface area contributed by atoms with Crippen molar-refractivity contribution in [2.45, 2.75) is 82.5 Å². The van der Waals surface area contributed by atoms with Crippen molar-refractivity contribution in [3.05, 3.63) is 16.4 Å². The lowest BCUT2D eigenvalue weighted by Crippen LogP contribution is -2.54. The fourth-order valence-corrected chi connectivity index (χ4v) is 4.81. The largest absolute Gasteiger partial charge is 0.408 e. The van der Waals surface area contributed by atoms with E-state index in [9.17, 15) is 23.1 Å². The van der Waals surface area contributed by atoms with E-state index in [-0.39, 0.29) is 49.6 Å². The molecule has 4 rings (SSSR count). The number of anilines is 2. The number of ether oxygens (including phenoxy) is 1. The number of fused-ring (bicyclic) bond motifs is 3. The molecule has 4 heterocycles. The molecule has 2 saturated heterocycles. The zero-order valence-corrected chi connectivity index (χ0v) is 17.4. The van der Waals surface area contributed by atoms with Crippen molar-refractivity contribution >= 4 is 11.8 Å². The van der Waals surface area contributed by atoms with Crippen LogP contribution in [0.25, 0.3) is 0 Å². The van der Waals surface area contributed by atoms with E-state index in [1.807, 2.05) is 18.7 Å². The first-order chi connectivity index (χ1) is 14.1. The number of aliphatic hydroxyl groups is 1. The molecule has 0 spiro atoms. The van der Waals surface area contributed by atoms with Gasteiger partial charge in [-0.05, 0) is 32.1 Å². The molecular formula is C20H29F3N4O3. The summed E-state index contributed by atoms with van der Waals surface area (Å²) >= 11 is 0. The molecule has 30 heavy (non-hydrogen) atoms. The number of rotatable bonds is 6. The zero-order valence-electron chi connectivity index (χ0n) is 17.4. The molecule has 1 aromatic rings. The van der Waals surface area contributed by atoms with E-state index in [4.69, 9.17) is 4.74 Å². The first-order valence-corrected chi connectivity index (χ1v) is 10.7. The summed E-state index contributed by atoms with van der Waals surface area (Å²) in [5.41, 5.74) is -1.38. The van der Waals surface area contributed by atoms with E-state index in [1.54, 1.807) is 0 Å². The summed E-state index contributed by atoms with van der Waals surface area (Å²) in [6.07, 6.45) is -2.66. The Hall–Kier alpha value is -1.81. The molecule has 3 aliphatic rings. The van der Waals surface area contributed by atoms with Gasteiger partial charge in [0.25, 0.3) is 5.56 Å². The van der Waals surface area contributed by atoms with Crippen LogP contribution in [0.2, 0.25) is 0 Å². The van der Waals surface area contributed by atoms with Crippen LogP contribution in [0.4, 0.5) is 24.9 Å². The van der Waals surface area contributed by atoms with Crippen molar-refractivity contribution in [2.75, 3.05) is 29.5 Å². The highest BCUT2D eigenvalue weighted by Crippen LogP contribution is 2.37. The van der Waals surface area contributed by atoms with Crippen molar-refractivity contribution in [3.8, 4) is 0 Å². The minimum atomic E-state index is -4.45. The van der Waals surface area contributed by atoms with Crippen LogP contribution in [-0.4, -0.2) is 64.3 Å². The second-order valence-corrected chi connectivity index (χ2v) is 8.62. The fourth-order valence-electron chi connectivity index (χ4n) is 4.81. The number of nitrogens with zero attached hydrogens (tertiary/aromatic N) is 4. The Kier molecular flexibility index (Phi) is 5.50. The number of morpholine rings is 1. The standard InChI is InChI=1S/C20H29F3N4O3/c1-3-19(29,4-2)6-8-25-15(20(21,22)23)5-7-26-17(28)10-16(24-18(25)26)27-11-14-9-13(27)12-30-14/h10,13-15,29H,3-9,11-12H2,1-2H3/t13-,14-,15-/m0/s1. The molecule has 168 valence electrons. The van der Waals surface area contributed by atoms with Crippen LogP contribution in [0.5, 0.6) is 0 Å². The highest BCUT2D eigenvalue weighted by Gasteiger charge is 2.47. The molecule has 2 fully saturated rings. The molecule has 0 unspecified atom stereocenters. The van der Waals surface area contributed by atoms with Crippen molar-refractivity contribution in [1.29, 1.82) is 0 Å². The predicted octanol–water partition coefficient (Wildman–Crippen LogP) is 2.30. The van der Waals surface area contributed by atoms with Crippen molar-refractivity contribution in [1.82, 2.24) is 9.55 Å². The first-order valence-electron chi connectivity index (χ1n) is 10.7. The lowest BCUT2D eigenvalue weighted by atomic mass is 9.93. The SMILES string of the molecule is CCC(O)(CC)CCN1c2nc(N3C[C@@H]4C[C@H]3CO4)cc(=O)n2CC[C@H]1C(F)(F)F. The molecule has 3 atom stereocenters. The van der Waals surface area contributed by atoms with Gasteiger partial charge in [-0.2, -0.15) is 18.2 Å². The Morgan fingerprint density at radius 3 is 2.60 bits per heavy atom. The monoisotopic (exact) mass is 430 g/mol. The third-order valence-corrected chi connectivity index (χ3v) is 6.94. The van der Waals surface area contributed by atoms with E-state index in [0.717, 1.165) is 6.42 Å². The molecular weight excluding hydrogens is 401 g/mol. The van der Waals surface area contributed by atoms with Crippen LogP contribution in [0, 0.1) is 0 Å². The van der Waals surface area contributed by atoms with Gasteiger partial charge in [0.05, 0.1) is 24.4 Å². The van der Waals surface area contributed by atoms with E-state index < -0.39 is 17.8 Å². The molecule has 7 nitrogen and oxygen atoms in total. The summed E-state index contributed by atoms with van der Waals surface area (Å²) in [6.45, 7) is 4.73. The van der Waals surface area contributed by atoms with Crippen LogP contribution < -0.4 is 15.4 Å². The number of hydrogen-bond donors (Lipinski definition) is 1. The predicted molar refractivity (Wildman–Crippen MR) is 106 cm³/mol. The minimum absolute atomic E-state index is 0.0204. The summed E-state index contributed by atoms with van der Waals surface area (Å²) in [6, 6.07) is -0.202. The summed E-state index contributed by atoms with van der Waals surface area (Å²) in [5, 5.41) is 10.6. The van der Waals surface area contributed by atoms with Crippen LogP contribution in [-0.2, 0) is 11.3 Å². The van der Waals surface area contributed by atoms with Crippen LogP contribution in [0.1, 0.15) is 46.0 Å². The maximum atomic E-state index is 13.8. The third-order valence-electron chi connectivity index (χ3n) is 6.94. The van der Waals surface area contributed by atoms with Gasteiger partial charge < -0.3 is 19.6 Å². The van der Waals surface area contributed by atoms with Gasteiger partial charge in [-0.15, -0.1) is 0 Å². The number of hydrogen-bond acceptors (Lipinski definition) is 6. The second-order valence-electron chi connectivity index (χ2n) is 8.62. The molecule has 0 radical (unpaired) electrons. The van der Waals surface area contributed by atoms with Gasteiger partial charge >= 0.3 is 6.18 Å². The van der Waals surface area contributed by atoms with Gasteiger partial charge in [-0.25, -0.2) is 0 Å². The van der Waals surface area contributed by atoms with Gasteiger partial charge in [0.2, 0.25) is 5.95 Å². The normalized spacial score (nSPS) is 26.4. The van der Waals surface area contributed by atoms with Crippen LogP contribution >= 0.6 is 0 Å². The Labute approximate surface area is 173 Å². The van der Waals surface area contributed by atoms with Gasteiger partial charge in [-0.3, -0.25) is 9.36 Å². The molecule has 0 aromatic carbocycles. The van der Waals surface area contributed by atoms with Crippen LogP contribution in [0.3, 0.4) is 0 Å². The third kappa shape index (κ3) is 3.79. The zero-order chi connectivity index (χ0) is 21.7. The van der Waals surface area contributed by atoms with E-state index in [1.165, 1.54) is 15.5 Å². The summed E-state index contributed by atoms with van der Waals surface area (Å²) in [4.78, 5) is 20.5. The average Bonchev–Trinajstić information content (AvgIpc) is 3.34. The molecule has 3 aliphatic heterocycles. The smallest absolute Gasteiger partial charge is 0.390 e. The number of alkyl halides is 3. The Morgan fingerprint density at radius 1 is 1.30 bits per heavy atom. The number of aromatic nitrogens is 2. The summed E-state index contributed by atoms with van der Waals surface area (Å²) in [5.74, 6) is 0.459. The molecule has 0 amide bonds. The van der Waals surface area contributed by atoms with Gasteiger partial charge in [-0.1, -0.05) is 13.8 Å². The molecule has 1 aromatic heterocycles. The molecule has 0 aliphatic carbocycles. The molecule has 0 saturated carbocycles. The summed E-state index contributed by atoms with van der Waals surface area (Å²) < 4.78 is 48.5. The maximum Gasteiger partial charge on any atom is 0.408 e. The van der Waals surface area contributed by atoms with Gasteiger partial charge in [0.1, 0.15) is 11.9 Å². The second kappa shape index (κ2) is 7.71. The summed E-state index contributed by atoms with van der Waals surface area (Å²) in [7, 11) is 0. The van der Waals surface area contributed by atoms with E-state index in [0.29, 0.717) is 31.8 Å².